The van der Waals surface area contributed by atoms with Crippen LogP contribution < -0.4 is 10.6 Å². The molecule has 4 nitrogen and oxygen atoms in total. The predicted molar refractivity (Wildman–Crippen MR) is 70.0 cm³/mol. The van der Waals surface area contributed by atoms with E-state index in [1.54, 1.807) is 0 Å². The summed E-state index contributed by atoms with van der Waals surface area (Å²) < 4.78 is 38.8. The Kier molecular flexibility index (Phi) is 3.78. The minimum atomic E-state index is -4.54. The molecular weight excluding hydrogens is 271 g/mol. The van der Waals surface area contributed by atoms with E-state index in [4.69, 9.17) is 10.9 Å². The summed E-state index contributed by atoms with van der Waals surface area (Å²) in [4.78, 5) is 2.02. The second-order valence-corrected chi connectivity index (χ2v) is 4.90. The first kappa shape index (κ1) is 14.5. The van der Waals surface area contributed by atoms with Gasteiger partial charge in [0.2, 0.25) is 0 Å². The topological polar surface area (TPSA) is 61.8 Å². The quantitative estimate of drug-likeness (QED) is 0.380. The van der Waals surface area contributed by atoms with Crippen molar-refractivity contribution in [3.8, 4) is 0 Å². The smallest absolute Gasteiger partial charge is 0.409 e. The van der Waals surface area contributed by atoms with Gasteiger partial charge in [-0.25, -0.2) is 0 Å². The number of hydrogen-bond donors (Lipinski definition) is 2. The molecule has 1 aliphatic rings. The van der Waals surface area contributed by atoms with Crippen molar-refractivity contribution < 1.29 is 18.4 Å². The van der Waals surface area contributed by atoms with Crippen LogP contribution in [0.4, 0.5) is 18.9 Å². The van der Waals surface area contributed by atoms with Crippen LogP contribution in [0, 0.1) is 0 Å². The number of halogens is 3. The molecule has 1 aromatic carbocycles. The molecule has 0 spiro atoms. The van der Waals surface area contributed by atoms with Gasteiger partial charge < -0.3 is 15.8 Å². The molecule has 3 N–H and O–H groups in total. The minimum absolute atomic E-state index is 0.270. The lowest BCUT2D eigenvalue weighted by molar-refractivity contribution is -0.137. The average Bonchev–Trinajstić information content (AvgIpc) is 2.82. The normalized spacial score (nSPS) is 20.5. The van der Waals surface area contributed by atoms with Gasteiger partial charge in [-0.3, -0.25) is 0 Å². The van der Waals surface area contributed by atoms with Crippen LogP contribution in [0.15, 0.2) is 23.4 Å². The van der Waals surface area contributed by atoms with Crippen molar-refractivity contribution in [2.45, 2.75) is 32.0 Å². The molecule has 0 amide bonds. The molecule has 0 saturated carbocycles. The summed E-state index contributed by atoms with van der Waals surface area (Å²) in [5.41, 5.74) is 4.84. The monoisotopic (exact) mass is 287 g/mol. The van der Waals surface area contributed by atoms with Crippen molar-refractivity contribution in [2.75, 3.05) is 11.4 Å². The molecule has 0 aliphatic carbocycles. The lowest BCUT2D eigenvalue weighted by atomic mass is 10.0. The molecule has 1 aromatic rings. The zero-order chi connectivity index (χ0) is 14.9. The van der Waals surface area contributed by atoms with Gasteiger partial charge in [0.05, 0.1) is 5.56 Å². The second kappa shape index (κ2) is 5.22. The molecule has 0 radical (unpaired) electrons. The highest BCUT2D eigenvalue weighted by atomic mass is 19.4. The van der Waals surface area contributed by atoms with E-state index >= 15 is 0 Å². The zero-order valence-electron chi connectivity index (χ0n) is 11.0. The van der Waals surface area contributed by atoms with Gasteiger partial charge >= 0.3 is 6.18 Å². The summed E-state index contributed by atoms with van der Waals surface area (Å²) in [5, 5.41) is 11.4. The van der Waals surface area contributed by atoms with Gasteiger partial charge in [-0.15, -0.1) is 0 Å². The zero-order valence-corrected chi connectivity index (χ0v) is 11.0. The van der Waals surface area contributed by atoms with Gasteiger partial charge in [-0.05, 0) is 38.0 Å². The van der Waals surface area contributed by atoms with Crippen molar-refractivity contribution in [1.29, 1.82) is 0 Å². The third kappa shape index (κ3) is 2.66. The van der Waals surface area contributed by atoms with Crippen LogP contribution in [0.3, 0.4) is 0 Å². The SMILES string of the molecule is CC1CCCN1c1ccc(C(F)(F)F)c(/C(N)=N/O)c1. The highest BCUT2D eigenvalue weighted by Crippen LogP contribution is 2.35. The summed E-state index contributed by atoms with van der Waals surface area (Å²) in [7, 11) is 0. The van der Waals surface area contributed by atoms with E-state index in [9.17, 15) is 13.2 Å². The maximum Gasteiger partial charge on any atom is 0.417 e. The molecular formula is C13H16F3N3O. The van der Waals surface area contributed by atoms with Crippen LogP contribution in [0.5, 0.6) is 0 Å². The number of anilines is 1. The molecule has 7 heteroatoms. The first-order valence-corrected chi connectivity index (χ1v) is 6.30. The third-order valence-corrected chi connectivity index (χ3v) is 3.58. The fraction of sp³-hybridized carbons (Fsp3) is 0.462. The molecule has 1 fully saturated rings. The van der Waals surface area contributed by atoms with Crippen LogP contribution in [-0.4, -0.2) is 23.6 Å². The first-order valence-electron chi connectivity index (χ1n) is 6.30. The largest absolute Gasteiger partial charge is 0.417 e. The first-order chi connectivity index (χ1) is 9.34. The van der Waals surface area contributed by atoms with Gasteiger partial charge in [-0.2, -0.15) is 13.2 Å². The van der Waals surface area contributed by atoms with Gasteiger partial charge in [0.1, 0.15) is 0 Å². The summed E-state index contributed by atoms with van der Waals surface area (Å²) in [6, 6.07) is 4.01. The fourth-order valence-corrected chi connectivity index (χ4v) is 2.54. The molecule has 1 heterocycles. The van der Waals surface area contributed by atoms with Crippen molar-refractivity contribution in [3.05, 3.63) is 29.3 Å². The van der Waals surface area contributed by atoms with E-state index in [1.165, 1.54) is 12.1 Å². The lowest BCUT2D eigenvalue weighted by Crippen LogP contribution is -2.27. The van der Waals surface area contributed by atoms with Crippen molar-refractivity contribution >= 4 is 11.5 Å². The standard InChI is InChI=1S/C13H16F3N3O/c1-8-3-2-6-19(8)9-4-5-11(13(14,15)16)10(7-9)12(17)18-20/h4-5,7-8,20H,2-3,6H2,1H3,(H2,17,18). The number of alkyl halides is 3. The molecule has 1 unspecified atom stereocenters. The van der Waals surface area contributed by atoms with Crippen LogP contribution in [-0.2, 0) is 6.18 Å². The number of benzene rings is 1. The Hall–Kier alpha value is -1.92. The predicted octanol–water partition coefficient (Wildman–Crippen LogP) is 2.79. The van der Waals surface area contributed by atoms with Gasteiger partial charge in [-0.1, -0.05) is 5.16 Å². The molecule has 1 aliphatic heterocycles. The Labute approximate surface area is 114 Å². The fourth-order valence-electron chi connectivity index (χ4n) is 2.54. The van der Waals surface area contributed by atoms with Crippen molar-refractivity contribution in [3.63, 3.8) is 0 Å². The van der Waals surface area contributed by atoms with E-state index in [0.29, 0.717) is 5.69 Å². The van der Waals surface area contributed by atoms with E-state index in [0.717, 1.165) is 25.5 Å². The summed E-state index contributed by atoms with van der Waals surface area (Å²) in [6.07, 6.45) is -2.54. The van der Waals surface area contributed by atoms with Gasteiger partial charge in [0, 0.05) is 23.8 Å². The summed E-state index contributed by atoms with van der Waals surface area (Å²) in [6.45, 7) is 2.82. The van der Waals surface area contributed by atoms with Crippen LogP contribution in [0.25, 0.3) is 0 Å². The Morgan fingerprint density at radius 2 is 2.15 bits per heavy atom. The van der Waals surface area contributed by atoms with E-state index in [1.807, 2.05) is 11.8 Å². The Bertz CT molecular complexity index is 528. The molecule has 20 heavy (non-hydrogen) atoms. The van der Waals surface area contributed by atoms with Crippen molar-refractivity contribution in [2.24, 2.45) is 10.9 Å². The molecule has 2 rings (SSSR count). The summed E-state index contributed by atoms with van der Waals surface area (Å²) in [5.74, 6) is -0.536. The highest BCUT2D eigenvalue weighted by Gasteiger charge is 2.35. The van der Waals surface area contributed by atoms with E-state index in [2.05, 4.69) is 5.16 Å². The number of amidine groups is 1. The van der Waals surface area contributed by atoms with Gasteiger partial charge in [0.25, 0.3) is 0 Å². The molecule has 0 aromatic heterocycles. The average molecular weight is 287 g/mol. The maximum atomic E-state index is 12.9. The molecule has 110 valence electrons. The van der Waals surface area contributed by atoms with E-state index < -0.39 is 17.6 Å². The molecule has 0 bridgehead atoms. The maximum absolute atomic E-state index is 12.9. The Morgan fingerprint density at radius 1 is 1.45 bits per heavy atom. The number of hydrogen-bond acceptors (Lipinski definition) is 3. The highest BCUT2D eigenvalue weighted by molar-refractivity contribution is 5.99. The lowest BCUT2D eigenvalue weighted by Gasteiger charge is -2.25. The van der Waals surface area contributed by atoms with Crippen LogP contribution in [0.1, 0.15) is 30.9 Å². The van der Waals surface area contributed by atoms with Crippen LogP contribution in [0.2, 0.25) is 0 Å². The third-order valence-electron chi connectivity index (χ3n) is 3.58. The van der Waals surface area contributed by atoms with Crippen molar-refractivity contribution in [1.82, 2.24) is 0 Å². The summed E-state index contributed by atoms with van der Waals surface area (Å²) >= 11 is 0. The number of nitrogens with two attached hydrogens (primary N) is 1. The van der Waals surface area contributed by atoms with Gasteiger partial charge in [0.15, 0.2) is 5.84 Å². The Balaban J connectivity index is 2.49. The van der Waals surface area contributed by atoms with E-state index in [-0.39, 0.29) is 11.6 Å². The number of oxime groups is 1. The number of nitrogens with zero attached hydrogens (tertiary/aromatic N) is 2. The molecule has 1 saturated heterocycles. The Morgan fingerprint density at radius 3 is 2.65 bits per heavy atom. The molecule has 1 atom stereocenters. The second-order valence-electron chi connectivity index (χ2n) is 4.90. The minimum Gasteiger partial charge on any atom is -0.409 e. The number of rotatable bonds is 2. The van der Waals surface area contributed by atoms with Crippen LogP contribution >= 0.6 is 0 Å².